The molecule has 0 radical (unpaired) electrons. The fraction of sp³-hybridized carbons (Fsp3) is 0.600. The molecule has 6 nitrogen and oxygen atoms in total. The molecule has 1 heterocycles. The first-order chi connectivity index (χ1) is 7.77. The van der Waals surface area contributed by atoms with Crippen molar-refractivity contribution >= 4 is 19.1 Å². The van der Waals surface area contributed by atoms with Gasteiger partial charge in [-0.1, -0.05) is 20.4 Å². The smallest absolute Gasteiger partial charge is 0.528 e. The molecule has 1 saturated heterocycles. The topological polar surface area (TPSA) is 93.1 Å². The number of aliphatic carboxylic acids is 2. The van der Waals surface area contributed by atoms with Gasteiger partial charge in [-0.3, -0.25) is 4.79 Å². The van der Waals surface area contributed by atoms with Gasteiger partial charge in [0, 0.05) is 12.2 Å². The van der Waals surface area contributed by atoms with E-state index in [0.717, 1.165) is 0 Å². The van der Waals surface area contributed by atoms with Gasteiger partial charge in [-0.2, -0.15) is 0 Å². The van der Waals surface area contributed by atoms with Gasteiger partial charge in [0.2, 0.25) is 0 Å². The van der Waals surface area contributed by atoms with Gasteiger partial charge in [-0.05, 0) is 0 Å². The molecule has 94 valence electrons. The Morgan fingerprint density at radius 3 is 2.53 bits per heavy atom. The van der Waals surface area contributed by atoms with Crippen LogP contribution in [-0.4, -0.2) is 34.9 Å². The highest BCUT2D eigenvalue weighted by Gasteiger charge is 2.51. The maximum atomic E-state index is 11.2. The predicted octanol–water partition coefficient (Wildman–Crippen LogP) is 1.13. The standard InChI is InChI=1S/C10H15BO6/c1-6(2)11-16-7(3)4-10(17-11,9(14)15)5-8(12)13/h6H,3-5H2,1-2H3,(H,12,13)(H,14,15). The van der Waals surface area contributed by atoms with Crippen molar-refractivity contribution in [3.63, 3.8) is 0 Å². The lowest BCUT2D eigenvalue weighted by Crippen LogP contribution is -2.52. The van der Waals surface area contributed by atoms with Crippen LogP contribution in [0.5, 0.6) is 0 Å². The molecule has 1 unspecified atom stereocenters. The minimum absolute atomic E-state index is 0.0976. The lowest BCUT2D eigenvalue weighted by Gasteiger charge is -2.38. The molecule has 0 aromatic carbocycles. The zero-order chi connectivity index (χ0) is 13.2. The van der Waals surface area contributed by atoms with Crippen LogP contribution in [0.15, 0.2) is 12.3 Å². The summed E-state index contributed by atoms with van der Waals surface area (Å²) in [5, 5.41) is 17.9. The summed E-state index contributed by atoms with van der Waals surface area (Å²) in [6.45, 7) is 7.15. The molecule has 0 bridgehead atoms. The fourth-order valence-corrected chi connectivity index (χ4v) is 1.63. The lowest BCUT2D eigenvalue weighted by atomic mass is 9.71. The van der Waals surface area contributed by atoms with Gasteiger partial charge in [0.25, 0.3) is 0 Å². The van der Waals surface area contributed by atoms with Gasteiger partial charge in [-0.15, -0.1) is 0 Å². The molecule has 1 rings (SSSR count). The Morgan fingerprint density at radius 2 is 2.12 bits per heavy atom. The van der Waals surface area contributed by atoms with Crippen LogP contribution >= 0.6 is 0 Å². The minimum atomic E-state index is -1.78. The van der Waals surface area contributed by atoms with Crippen molar-refractivity contribution in [2.45, 2.75) is 38.1 Å². The molecule has 0 spiro atoms. The normalized spacial score (nSPS) is 24.6. The van der Waals surface area contributed by atoms with Crippen LogP contribution in [0.2, 0.25) is 5.82 Å². The first-order valence-corrected chi connectivity index (χ1v) is 5.24. The quantitative estimate of drug-likeness (QED) is 0.718. The molecule has 1 fully saturated rings. The number of carboxylic acids is 2. The molecule has 0 aromatic rings. The fourth-order valence-electron chi connectivity index (χ4n) is 1.63. The molecule has 7 heteroatoms. The lowest BCUT2D eigenvalue weighted by molar-refractivity contribution is -0.166. The third-order valence-corrected chi connectivity index (χ3v) is 2.48. The van der Waals surface area contributed by atoms with Gasteiger partial charge in [-0.25, -0.2) is 4.79 Å². The maximum Gasteiger partial charge on any atom is 0.528 e. The second-order valence-electron chi connectivity index (χ2n) is 4.43. The summed E-state index contributed by atoms with van der Waals surface area (Å²) >= 11 is 0. The number of carboxylic acid groups (broad SMARTS) is 2. The summed E-state index contributed by atoms with van der Waals surface area (Å²) in [6, 6.07) is 0. The number of carbonyl (C=O) groups is 2. The molecular weight excluding hydrogens is 227 g/mol. The van der Waals surface area contributed by atoms with Crippen molar-refractivity contribution in [1.82, 2.24) is 0 Å². The Balaban J connectivity index is 2.99. The van der Waals surface area contributed by atoms with Gasteiger partial charge in [0.05, 0.1) is 12.2 Å². The zero-order valence-electron chi connectivity index (χ0n) is 9.80. The highest BCUT2D eigenvalue weighted by atomic mass is 16.6. The molecule has 2 N–H and O–H groups in total. The molecule has 0 amide bonds. The van der Waals surface area contributed by atoms with Crippen LogP contribution in [0.25, 0.3) is 0 Å². The van der Waals surface area contributed by atoms with Gasteiger partial charge in [0.15, 0.2) is 5.60 Å². The molecular formula is C10H15BO6. The molecule has 17 heavy (non-hydrogen) atoms. The Kier molecular flexibility index (Phi) is 3.82. The van der Waals surface area contributed by atoms with Crippen LogP contribution in [0.1, 0.15) is 26.7 Å². The minimum Gasteiger partial charge on any atom is -0.540 e. The van der Waals surface area contributed by atoms with E-state index in [2.05, 4.69) is 6.58 Å². The van der Waals surface area contributed by atoms with E-state index < -0.39 is 31.1 Å². The van der Waals surface area contributed by atoms with E-state index in [1.807, 2.05) is 0 Å². The Labute approximate surface area is 99.4 Å². The number of hydrogen-bond donors (Lipinski definition) is 2. The van der Waals surface area contributed by atoms with Crippen molar-refractivity contribution in [1.29, 1.82) is 0 Å². The molecule has 0 saturated carbocycles. The molecule has 1 atom stereocenters. The highest BCUT2D eigenvalue weighted by Crippen LogP contribution is 2.34. The van der Waals surface area contributed by atoms with Crippen molar-refractivity contribution in [2.24, 2.45) is 0 Å². The Morgan fingerprint density at radius 1 is 1.53 bits per heavy atom. The van der Waals surface area contributed by atoms with E-state index in [9.17, 15) is 9.59 Å². The monoisotopic (exact) mass is 242 g/mol. The van der Waals surface area contributed by atoms with Gasteiger partial charge >= 0.3 is 19.1 Å². The first-order valence-electron chi connectivity index (χ1n) is 5.24. The van der Waals surface area contributed by atoms with Crippen LogP contribution in [0, 0.1) is 0 Å². The third-order valence-electron chi connectivity index (χ3n) is 2.48. The van der Waals surface area contributed by atoms with E-state index >= 15 is 0 Å². The average Bonchev–Trinajstić information content (AvgIpc) is 2.14. The van der Waals surface area contributed by atoms with Gasteiger partial charge < -0.3 is 19.5 Å². The summed E-state index contributed by atoms with van der Waals surface area (Å²) in [6.07, 6.45) is -0.772. The van der Waals surface area contributed by atoms with E-state index in [4.69, 9.17) is 19.5 Å². The number of hydrogen-bond acceptors (Lipinski definition) is 4. The van der Waals surface area contributed by atoms with Crippen molar-refractivity contribution in [3.8, 4) is 0 Å². The Bertz CT molecular complexity index is 349. The average molecular weight is 242 g/mol. The van der Waals surface area contributed by atoms with Crippen LogP contribution in [-0.2, 0) is 18.9 Å². The van der Waals surface area contributed by atoms with E-state index in [1.54, 1.807) is 13.8 Å². The predicted molar refractivity (Wildman–Crippen MR) is 59.4 cm³/mol. The molecule has 0 aromatic heterocycles. The summed E-state index contributed by atoms with van der Waals surface area (Å²) in [4.78, 5) is 22.0. The second-order valence-corrected chi connectivity index (χ2v) is 4.43. The van der Waals surface area contributed by atoms with E-state index in [-0.39, 0.29) is 18.0 Å². The van der Waals surface area contributed by atoms with Crippen molar-refractivity contribution in [3.05, 3.63) is 12.3 Å². The molecule has 1 aliphatic heterocycles. The first kappa shape index (κ1) is 13.6. The second kappa shape index (κ2) is 4.79. The Hall–Kier alpha value is -1.50. The van der Waals surface area contributed by atoms with Crippen LogP contribution in [0.3, 0.4) is 0 Å². The summed E-state index contributed by atoms with van der Waals surface area (Å²) < 4.78 is 10.6. The van der Waals surface area contributed by atoms with Gasteiger partial charge in [0.1, 0.15) is 0 Å². The highest BCUT2D eigenvalue weighted by molar-refractivity contribution is 6.47. The number of rotatable bonds is 4. The molecule has 1 aliphatic rings. The summed E-state index contributed by atoms with van der Waals surface area (Å²) in [7, 11) is -0.785. The van der Waals surface area contributed by atoms with E-state index in [0.29, 0.717) is 0 Å². The van der Waals surface area contributed by atoms with Crippen LogP contribution in [0.4, 0.5) is 0 Å². The third kappa shape index (κ3) is 3.00. The SMILES string of the molecule is C=C1CC(CC(=O)O)(C(=O)O)OB(C(C)C)O1. The summed E-state index contributed by atoms with van der Waals surface area (Å²) in [5.41, 5.74) is -1.78. The maximum absolute atomic E-state index is 11.2. The zero-order valence-corrected chi connectivity index (χ0v) is 9.80. The van der Waals surface area contributed by atoms with Crippen molar-refractivity contribution in [2.75, 3.05) is 0 Å². The van der Waals surface area contributed by atoms with E-state index in [1.165, 1.54) is 0 Å². The summed E-state index contributed by atoms with van der Waals surface area (Å²) in [5.74, 6) is -2.40. The van der Waals surface area contributed by atoms with Crippen molar-refractivity contribution < 1.29 is 29.1 Å². The molecule has 0 aliphatic carbocycles. The largest absolute Gasteiger partial charge is 0.540 e. The van der Waals surface area contributed by atoms with Crippen LogP contribution < -0.4 is 0 Å².